The van der Waals surface area contributed by atoms with Gasteiger partial charge in [-0.1, -0.05) is 22.0 Å². The second kappa shape index (κ2) is 9.01. The summed E-state index contributed by atoms with van der Waals surface area (Å²) in [5.74, 6) is 2.47. The molecule has 1 fully saturated rings. The van der Waals surface area contributed by atoms with E-state index in [1.165, 1.54) is 0 Å². The van der Waals surface area contributed by atoms with Crippen LogP contribution < -0.4 is 15.0 Å². The van der Waals surface area contributed by atoms with E-state index in [-0.39, 0.29) is 12.6 Å². The van der Waals surface area contributed by atoms with Gasteiger partial charge in [0.05, 0.1) is 19.2 Å². The number of rotatable bonds is 7. The van der Waals surface area contributed by atoms with Crippen LogP contribution >= 0.6 is 15.9 Å². The molecule has 0 radical (unpaired) electrons. The Morgan fingerprint density at radius 3 is 3.04 bits per heavy atom. The van der Waals surface area contributed by atoms with E-state index in [1.54, 1.807) is 6.33 Å². The lowest BCUT2D eigenvalue weighted by atomic mass is 10.0. The van der Waals surface area contributed by atoms with Crippen molar-refractivity contribution < 1.29 is 9.84 Å². The predicted octanol–water partition coefficient (Wildman–Crippen LogP) is 3.08. The van der Waals surface area contributed by atoms with Crippen molar-refractivity contribution in [1.82, 2.24) is 9.97 Å². The number of aromatic nitrogens is 2. The Labute approximate surface area is 156 Å². The molecule has 25 heavy (non-hydrogen) atoms. The maximum Gasteiger partial charge on any atom is 0.134 e. The van der Waals surface area contributed by atoms with Crippen LogP contribution in [-0.4, -0.2) is 47.4 Å². The summed E-state index contributed by atoms with van der Waals surface area (Å²) < 4.78 is 6.71. The van der Waals surface area contributed by atoms with Crippen molar-refractivity contribution in [2.24, 2.45) is 0 Å². The molecule has 0 spiro atoms. The lowest BCUT2D eigenvalue weighted by molar-refractivity contribution is 0.239. The minimum absolute atomic E-state index is 0.149. The van der Waals surface area contributed by atoms with Gasteiger partial charge in [-0.25, -0.2) is 9.97 Å². The molecule has 0 amide bonds. The van der Waals surface area contributed by atoms with Crippen LogP contribution in [0.1, 0.15) is 19.3 Å². The zero-order chi connectivity index (χ0) is 17.5. The highest BCUT2D eigenvalue weighted by atomic mass is 79.9. The molecule has 1 aliphatic rings. The van der Waals surface area contributed by atoms with Crippen molar-refractivity contribution >= 4 is 27.6 Å². The van der Waals surface area contributed by atoms with Crippen molar-refractivity contribution in [1.29, 1.82) is 0 Å². The molecule has 134 valence electrons. The number of hydrogen-bond donors (Lipinski definition) is 2. The summed E-state index contributed by atoms with van der Waals surface area (Å²) in [6.07, 6.45) is 4.86. The molecular weight excluding hydrogens is 384 g/mol. The maximum absolute atomic E-state index is 9.57. The van der Waals surface area contributed by atoms with Crippen LogP contribution in [0.15, 0.2) is 41.1 Å². The lowest BCUT2D eigenvalue weighted by Gasteiger charge is -2.35. The largest absolute Gasteiger partial charge is 0.492 e. The van der Waals surface area contributed by atoms with E-state index in [0.29, 0.717) is 13.2 Å². The van der Waals surface area contributed by atoms with Crippen molar-refractivity contribution in [2.45, 2.75) is 25.3 Å². The van der Waals surface area contributed by atoms with Crippen LogP contribution in [0.4, 0.5) is 11.6 Å². The van der Waals surface area contributed by atoms with Gasteiger partial charge >= 0.3 is 0 Å². The van der Waals surface area contributed by atoms with Crippen molar-refractivity contribution in [3.8, 4) is 5.75 Å². The van der Waals surface area contributed by atoms with E-state index in [4.69, 9.17) is 4.74 Å². The fourth-order valence-electron chi connectivity index (χ4n) is 3.00. The van der Waals surface area contributed by atoms with Gasteiger partial charge in [-0.05, 0) is 37.5 Å². The highest BCUT2D eigenvalue weighted by Gasteiger charge is 2.23. The number of anilines is 2. The summed E-state index contributed by atoms with van der Waals surface area (Å²) in [6, 6.07) is 9.87. The van der Waals surface area contributed by atoms with Crippen LogP contribution in [0.25, 0.3) is 0 Å². The average Bonchev–Trinajstić information content (AvgIpc) is 2.65. The molecule has 1 unspecified atom stereocenters. The summed E-state index contributed by atoms with van der Waals surface area (Å²) in [4.78, 5) is 10.8. The number of benzene rings is 1. The van der Waals surface area contributed by atoms with Gasteiger partial charge in [0.25, 0.3) is 0 Å². The Morgan fingerprint density at radius 2 is 2.20 bits per heavy atom. The molecule has 1 aromatic carbocycles. The Hall–Kier alpha value is -1.86. The second-order valence-corrected chi connectivity index (χ2v) is 6.94. The van der Waals surface area contributed by atoms with E-state index in [1.807, 2.05) is 30.3 Å². The average molecular weight is 407 g/mol. The summed E-state index contributed by atoms with van der Waals surface area (Å²) in [6.45, 7) is 2.27. The Kier molecular flexibility index (Phi) is 6.47. The predicted molar refractivity (Wildman–Crippen MR) is 102 cm³/mol. The maximum atomic E-state index is 9.57. The molecule has 2 N–H and O–H groups in total. The van der Waals surface area contributed by atoms with Gasteiger partial charge in [0.2, 0.25) is 0 Å². The van der Waals surface area contributed by atoms with Gasteiger partial charge in [-0.2, -0.15) is 0 Å². The summed E-state index contributed by atoms with van der Waals surface area (Å²) in [7, 11) is 0. The van der Waals surface area contributed by atoms with E-state index in [2.05, 4.69) is 36.1 Å². The number of hydrogen-bond acceptors (Lipinski definition) is 6. The zero-order valence-electron chi connectivity index (χ0n) is 14.1. The number of ether oxygens (including phenoxy) is 1. The third-order valence-electron chi connectivity index (χ3n) is 4.26. The monoisotopic (exact) mass is 406 g/mol. The van der Waals surface area contributed by atoms with Crippen LogP contribution in [0.5, 0.6) is 5.75 Å². The molecule has 1 aliphatic heterocycles. The van der Waals surface area contributed by atoms with Crippen LogP contribution in [-0.2, 0) is 0 Å². The van der Waals surface area contributed by atoms with Crippen LogP contribution in [0, 0.1) is 0 Å². The number of halogens is 1. The van der Waals surface area contributed by atoms with Crippen LogP contribution in [0.2, 0.25) is 0 Å². The Balaban J connectivity index is 1.53. The first kappa shape index (κ1) is 17.9. The molecule has 3 rings (SSSR count). The molecule has 0 saturated carbocycles. The number of nitrogens with one attached hydrogen (secondary N) is 1. The first-order valence-corrected chi connectivity index (χ1v) is 9.37. The quantitative estimate of drug-likeness (QED) is 0.688. The molecule has 7 heteroatoms. The third-order valence-corrected chi connectivity index (χ3v) is 4.75. The van der Waals surface area contributed by atoms with E-state index >= 15 is 0 Å². The zero-order valence-corrected chi connectivity index (χ0v) is 15.7. The Morgan fingerprint density at radius 1 is 1.28 bits per heavy atom. The van der Waals surface area contributed by atoms with Crippen molar-refractivity contribution in [3.63, 3.8) is 0 Å². The third kappa shape index (κ3) is 5.06. The highest BCUT2D eigenvalue weighted by Crippen LogP contribution is 2.24. The fraction of sp³-hybridized carbons (Fsp3) is 0.444. The molecule has 0 aliphatic carbocycles. The van der Waals surface area contributed by atoms with E-state index in [0.717, 1.165) is 47.7 Å². The Bertz CT molecular complexity index is 686. The first-order chi connectivity index (χ1) is 12.3. The molecule has 1 saturated heterocycles. The summed E-state index contributed by atoms with van der Waals surface area (Å²) >= 11 is 3.43. The number of aliphatic hydroxyl groups excluding tert-OH is 1. The minimum atomic E-state index is 0.149. The van der Waals surface area contributed by atoms with Gasteiger partial charge in [-0.15, -0.1) is 0 Å². The van der Waals surface area contributed by atoms with Gasteiger partial charge in [0.15, 0.2) is 0 Å². The fourth-order valence-corrected chi connectivity index (χ4v) is 3.38. The van der Waals surface area contributed by atoms with Gasteiger partial charge in [0, 0.05) is 17.1 Å². The van der Waals surface area contributed by atoms with Gasteiger partial charge < -0.3 is 20.1 Å². The number of nitrogens with zero attached hydrogens (tertiary/aromatic N) is 3. The molecule has 1 aromatic heterocycles. The van der Waals surface area contributed by atoms with E-state index < -0.39 is 0 Å². The van der Waals surface area contributed by atoms with Gasteiger partial charge in [-0.3, -0.25) is 0 Å². The SMILES string of the molecule is OCC1CCCCN1c1cc(NCCOc2cccc(Br)c2)ncn1. The van der Waals surface area contributed by atoms with Crippen molar-refractivity contribution in [2.75, 3.05) is 36.5 Å². The molecule has 2 heterocycles. The second-order valence-electron chi connectivity index (χ2n) is 6.02. The highest BCUT2D eigenvalue weighted by molar-refractivity contribution is 9.10. The minimum Gasteiger partial charge on any atom is -0.492 e. The molecule has 6 nitrogen and oxygen atoms in total. The number of piperidine rings is 1. The summed E-state index contributed by atoms with van der Waals surface area (Å²) in [5.41, 5.74) is 0. The topological polar surface area (TPSA) is 70.5 Å². The van der Waals surface area contributed by atoms with Gasteiger partial charge in [0.1, 0.15) is 30.3 Å². The first-order valence-electron chi connectivity index (χ1n) is 8.58. The summed E-state index contributed by atoms with van der Waals surface area (Å²) in [5, 5.41) is 12.8. The number of aliphatic hydroxyl groups is 1. The standard InChI is InChI=1S/C18H23BrN4O2/c19-14-4-3-6-16(10-14)25-9-7-20-17-11-18(22-13-21-17)23-8-2-1-5-15(23)12-24/h3-4,6,10-11,13,15,24H,1-2,5,7-9,12H2,(H,20,21,22). The lowest BCUT2D eigenvalue weighted by Crippen LogP contribution is -2.42. The smallest absolute Gasteiger partial charge is 0.134 e. The van der Waals surface area contributed by atoms with Crippen molar-refractivity contribution in [3.05, 3.63) is 41.1 Å². The molecular formula is C18H23BrN4O2. The molecule has 0 bridgehead atoms. The normalized spacial score (nSPS) is 17.4. The molecule has 2 aromatic rings. The molecule has 1 atom stereocenters. The van der Waals surface area contributed by atoms with E-state index in [9.17, 15) is 5.11 Å². The van der Waals surface area contributed by atoms with Crippen LogP contribution in [0.3, 0.4) is 0 Å².